The van der Waals surface area contributed by atoms with Crippen LogP contribution in [0.5, 0.6) is 0 Å². The van der Waals surface area contributed by atoms with Gasteiger partial charge >= 0.3 is 23.9 Å². The maximum Gasteiger partial charge on any atom is 0.335 e. The van der Waals surface area contributed by atoms with Crippen molar-refractivity contribution in [2.75, 3.05) is 13.2 Å². The molecule has 12 heteroatoms. The number of ether oxygens (including phenoxy) is 5. The molecule has 6 unspecified atom stereocenters. The second kappa shape index (κ2) is 50.5. The molecule has 0 aliphatic carbocycles. The molecule has 12 nitrogen and oxygen atoms in total. The Labute approximate surface area is 453 Å². The minimum atomic E-state index is -1.92. The summed E-state index contributed by atoms with van der Waals surface area (Å²) in [7, 11) is 0. The average Bonchev–Trinajstić information content (AvgIpc) is 3.39. The summed E-state index contributed by atoms with van der Waals surface area (Å²) >= 11 is 0. The van der Waals surface area contributed by atoms with Crippen LogP contribution in [0.2, 0.25) is 0 Å². The van der Waals surface area contributed by atoms with Gasteiger partial charge in [-0.3, -0.25) is 14.4 Å². The van der Waals surface area contributed by atoms with Gasteiger partial charge in [0.15, 0.2) is 24.6 Å². The number of rotatable bonds is 48. The van der Waals surface area contributed by atoms with E-state index in [0.717, 1.165) is 103 Å². The van der Waals surface area contributed by atoms with E-state index in [1.807, 2.05) is 12.2 Å². The summed E-state index contributed by atoms with van der Waals surface area (Å²) in [4.78, 5) is 51.0. The van der Waals surface area contributed by atoms with Crippen molar-refractivity contribution < 1.29 is 58.2 Å². The van der Waals surface area contributed by atoms with Gasteiger partial charge in [0.2, 0.25) is 0 Å². The van der Waals surface area contributed by atoms with Crippen LogP contribution in [0.4, 0.5) is 0 Å². The second-order valence-electron chi connectivity index (χ2n) is 19.5. The van der Waals surface area contributed by atoms with Crippen molar-refractivity contribution in [3.63, 3.8) is 0 Å². The van der Waals surface area contributed by atoms with Gasteiger partial charge in [-0.25, -0.2) is 4.79 Å². The van der Waals surface area contributed by atoms with Crippen LogP contribution in [-0.4, -0.2) is 89.2 Å². The molecule has 0 aromatic rings. The van der Waals surface area contributed by atoms with Crippen molar-refractivity contribution in [3.05, 3.63) is 97.2 Å². The molecule has 1 heterocycles. The third-order valence-corrected chi connectivity index (χ3v) is 12.7. The number of carboxylic acids is 1. The van der Waals surface area contributed by atoms with Crippen LogP contribution in [-0.2, 0) is 42.9 Å². The third kappa shape index (κ3) is 40.6. The normalized spacial score (nSPS) is 18.9. The molecule has 1 aliphatic heterocycles. The fraction of sp³-hybridized carbons (Fsp3) is 0.683. The summed E-state index contributed by atoms with van der Waals surface area (Å²) < 4.78 is 28.3. The first-order chi connectivity index (χ1) is 36.6. The van der Waals surface area contributed by atoms with E-state index < -0.39 is 67.3 Å². The monoisotopic (exact) mass is 1050 g/mol. The largest absolute Gasteiger partial charge is 0.479 e. The fourth-order valence-corrected chi connectivity index (χ4v) is 8.28. The van der Waals surface area contributed by atoms with Gasteiger partial charge in [-0.05, 0) is 77.0 Å². The Kier molecular flexibility index (Phi) is 46.2. The van der Waals surface area contributed by atoms with E-state index in [1.165, 1.54) is 64.2 Å². The minimum Gasteiger partial charge on any atom is -0.479 e. The highest BCUT2D eigenvalue weighted by atomic mass is 16.7. The zero-order valence-electron chi connectivity index (χ0n) is 46.8. The van der Waals surface area contributed by atoms with Crippen LogP contribution < -0.4 is 0 Å². The summed E-state index contributed by atoms with van der Waals surface area (Å²) in [5.74, 6) is -3.31. The van der Waals surface area contributed by atoms with E-state index in [9.17, 15) is 34.5 Å². The van der Waals surface area contributed by atoms with Crippen molar-refractivity contribution in [3.8, 4) is 0 Å². The lowest BCUT2D eigenvalue weighted by molar-refractivity contribution is -0.301. The molecule has 1 fully saturated rings. The SMILES string of the molecule is CC/C=C\C/C=C\C/C=C\C/C=C\C/C=C\CC(=O)OCC(COC1OC(C(=O)O)C(O)C(O)C1OC(=O)CCCCCCCCCCCCCCCCC)OC(=O)CCCCCCC/C=C\C/C=C\C/C=C\CC. The molecule has 3 N–H and O–H groups in total. The number of aliphatic hydroxyl groups excluding tert-OH is 2. The van der Waals surface area contributed by atoms with Gasteiger partial charge in [-0.1, -0.05) is 227 Å². The molecule has 0 amide bonds. The molecule has 1 saturated heterocycles. The van der Waals surface area contributed by atoms with E-state index in [1.54, 1.807) is 6.08 Å². The van der Waals surface area contributed by atoms with Crippen molar-refractivity contribution in [2.45, 2.75) is 263 Å². The van der Waals surface area contributed by atoms with E-state index in [0.29, 0.717) is 19.3 Å². The lowest BCUT2D eigenvalue weighted by Gasteiger charge is -2.40. The maximum absolute atomic E-state index is 13.1. The van der Waals surface area contributed by atoms with Gasteiger partial charge in [-0.2, -0.15) is 0 Å². The van der Waals surface area contributed by atoms with Crippen molar-refractivity contribution in [1.82, 2.24) is 0 Å². The van der Waals surface area contributed by atoms with E-state index in [4.69, 9.17) is 23.7 Å². The first-order valence-electron chi connectivity index (χ1n) is 29.2. The Bertz CT molecular complexity index is 1670. The molecule has 0 radical (unpaired) electrons. The number of aliphatic hydroxyl groups is 2. The third-order valence-electron chi connectivity index (χ3n) is 12.7. The summed E-state index contributed by atoms with van der Waals surface area (Å²) in [6.07, 6.45) is 54.0. The van der Waals surface area contributed by atoms with Crippen LogP contribution in [0.3, 0.4) is 0 Å². The minimum absolute atomic E-state index is 0.0215. The lowest BCUT2D eigenvalue weighted by atomic mass is 9.98. The van der Waals surface area contributed by atoms with Crippen molar-refractivity contribution in [1.29, 1.82) is 0 Å². The Morgan fingerprint density at radius 3 is 1.35 bits per heavy atom. The quantitative estimate of drug-likeness (QED) is 0.0228. The molecule has 1 aliphatic rings. The predicted octanol–water partition coefficient (Wildman–Crippen LogP) is 14.9. The highest BCUT2D eigenvalue weighted by Crippen LogP contribution is 2.26. The predicted molar refractivity (Wildman–Crippen MR) is 303 cm³/mol. The van der Waals surface area contributed by atoms with Gasteiger partial charge in [0.1, 0.15) is 18.8 Å². The fourth-order valence-electron chi connectivity index (χ4n) is 8.28. The number of aliphatic carboxylic acids is 1. The topological polar surface area (TPSA) is 175 Å². The Balaban J connectivity index is 2.76. The van der Waals surface area contributed by atoms with Crippen molar-refractivity contribution in [2.24, 2.45) is 0 Å². The first-order valence-corrected chi connectivity index (χ1v) is 29.2. The number of hydrogen-bond donors (Lipinski definition) is 3. The van der Waals surface area contributed by atoms with E-state index in [2.05, 4.69) is 99.8 Å². The van der Waals surface area contributed by atoms with Crippen LogP contribution in [0.15, 0.2) is 97.2 Å². The van der Waals surface area contributed by atoms with Gasteiger partial charge in [0.05, 0.1) is 13.0 Å². The number of carbonyl (C=O) groups excluding carboxylic acids is 3. The van der Waals surface area contributed by atoms with Crippen LogP contribution in [0.25, 0.3) is 0 Å². The Morgan fingerprint density at radius 1 is 0.467 bits per heavy atom. The molecule has 0 aromatic heterocycles. The number of allylic oxidation sites excluding steroid dienone is 15. The number of carboxylic acid groups (broad SMARTS) is 1. The highest BCUT2D eigenvalue weighted by Gasteiger charge is 2.50. The van der Waals surface area contributed by atoms with Crippen LogP contribution >= 0.6 is 0 Å². The van der Waals surface area contributed by atoms with Crippen molar-refractivity contribution >= 4 is 23.9 Å². The zero-order chi connectivity index (χ0) is 54.7. The molecule has 0 spiro atoms. The second-order valence-corrected chi connectivity index (χ2v) is 19.5. The summed E-state index contributed by atoms with van der Waals surface area (Å²) in [5, 5.41) is 31.5. The molecular weight excluding hydrogens is 949 g/mol. The maximum atomic E-state index is 13.1. The number of carbonyl (C=O) groups is 4. The molecular formula is C63H102O12. The van der Waals surface area contributed by atoms with Gasteiger partial charge in [0.25, 0.3) is 0 Å². The molecule has 75 heavy (non-hydrogen) atoms. The lowest BCUT2D eigenvalue weighted by Crippen LogP contribution is -2.61. The van der Waals surface area contributed by atoms with Crippen LogP contribution in [0, 0.1) is 0 Å². The summed E-state index contributed by atoms with van der Waals surface area (Å²) in [5.41, 5.74) is 0. The highest BCUT2D eigenvalue weighted by molar-refractivity contribution is 5.74. The molecule has 6 atom stereocenters. The molecule has 0 aromatic carbocycles. The number of unbranched alkanes of at least 4 members (excludes halogenated alkanes) is 19. The summed E-state index contributed by atoms with van der Waals surface area (Å²) in [6.45, 7) is 5.66. The molecule has 426 valence electrons. The number of esters is 3. The van der Waals surface area contributed by atoms with Gasteiger partial charge < -0.3 is 39.0 Å². The van der Waals surface area contributed by atoms with E-state index >= 15 is 0 Å². The van der Waals surface area contributed by atoms with Gasteiger partial charge in [0, 0.05) is 12.8 Å². The average molecular weight is 1050 g/mol. The number of hydrogen-bond acceptors (Lipinski definition) is 11. The zero-order valence-corrected chi connectivity index (χ0v) is 46.8. The smallest absolute Gasteiger partial charge is 0.335 e. The molecule has 0 bridgehead atoms. The summed E-state index contributed by atoms with van der Waals surface area (Å²) in [6, 6.07) is 0. The first kappa shape index (κ1) is 68.7. The van der Waals surface area contributed by atoms with E-state index in [-0.39, 0.29) is 25.9 Å². The van der Waals surface area contributed by atoms with Gasteiger partial charge in [-0.15, -0.1) is 0 Å². The standard InChI is InChI=1S/C63H102O12/c1-4-7-10-13-16-19-22-25-28-31-34-37-40-43-46-49-55(64)71-52-54(73-56(65)50-47-44-41-38-35-32-29-26-23-20-17-14-11-8-5-2)53-72-63-61(59(68)58(67)60(75-63)62(69)70)74-57(66)51-48-45-42-39-36-33-30-27-24-21-18-15-12-9-6-3/h7-8,10-11,16-17,19-20,25-26,28-29,34,37,43,46,54,58-61,63,67-68H,4-6,9,12-15,18,21-24,27,30-33,35-36,38-42,44-45,47-53H2,1-3H3,(H,69,70)/b10-7-,11-8-,19-16-,20-17-,28-25-,29-26-,37-34-,46-43-. The van der Waals surface area contributed by atoms with Crippen LogP contribution in [0.1, 0.15) is 226 Å². The molecule has 1 rings (SSSR count). The Morgan fingerprint density at radius 2 is 0.880 bits per heavy atom. The Hall–Kier alpha value is -4.36. The molecule has 0 saturated carbocycles.